The van der Waals surface area contributed by atoms with Crippen molar-refractivity contribution in [1.82, 2.24) is 0 Å². The summed E-state index contributed by atoms with van der Waals surface area (Å²) in [5, 5.41) is 7.33. The number of hydrogen-bond donors (Lipinski definition) is 0. The van der Waals surface area contributed by atoms with Crippen molar-refractivity contribution in [3.05, 3.63) is 65.2 Å². The van der Waals surface area contributed by atoms with Crippen molar-refractivity contribution in [2.45, 2.75) is 12.3 Å². The summed E-state index contributed by atoms with van der Waals surface area (Å²) in [5.74, 6) is 0.421. The first-order chi connectivity index (χ1) is 9.33. The van der Waals surface area contributed by atoms with Crippen molar-refractivity contribution in [1.29, 1.82) is 0 Å². The fourth-order valence-electron chi connectivity index (χ4n) is 2.32. The van der Waals surface area contributed by atoms with Gasteiger partial charge in [0, 0.05) is 23.7 Å². The highest BCUT2D eigenvalue weighted by molar-refractivity contribution is 6.30. The third-order valence-electron chi connectivity index (χ3n) is 3.39. The Morgan fingerprint density at radius 2 is 1.74 bits per heavy atom. The maximum absolute atomic E-state index is 5.90. The van der Waals surface area contributed by atoms with Gasteiger partial charge in [0.2, 0.25) is 0 Å². The number of hydrazone groups is 1. The molecule has 2 nitrogen and oxygen atoms in total. The minimum Gasteiger partial charge on any atom is -0.266 e. The van der Waals surface area contributed by atoms with E-state index in [1.165, 1.54) is 5.56 Å². The molecular weight excluding hydrogens is 256 g/mol. The van der Waals surface area contributed by atoms with Crippen LogP contribution in [0.1, 0.15) is 17.9 Å². The molecule has 1 aliphatic heterocycles. The molecule has 0 N–H and O–H groups in total. The first kappa shape index (κ1) is 12.2. The van der Waals surface area contributed by atoms with Gasteiger partial charge < -0.3 is 0 Å². The molecule has 0 spiro atoms. The summed E-state index contributed by atoms with van der Waals surface area (Å²) in [6.45, 7) is 0.928. The molecule has 2 aromatic rings. The minimum atomic E-state index is 0.421. The van der Waals surface area contributed by atoms with Crippen molar-refractivity contribution in [3.63, 3.8) is 0 Å². The number of halogens is 1. The molecule has 0 saturated carbocycles. The third-order valence-corrected chi connectivity index (χ3v) is 3.64. The highest BCUT2D eigenvalue weighted by Gasteiger charge is 2.16. The van der Waals surface area contributed by atoms with Crippen LogP contribution in [0.5, 0.6) is 0 Å². The SMILES string of the molecule is Clc1ccc(N2CCC(c3ccccc3)C=N2)cc1. The lowest BCUT2D eigenvalue weighted by Gasteiger charge is -2.26. The Morgan fingerprint density at radius 3 is 2.37 bits per heavy atom. The fourth-order valence-corrected chi connectivity index (χ4v) is 2.44. The quantitative estimate of drug-likeness (QED) is 0.793. The molecule has 0 fully saturated rings. The molecule has 2 aromatic carbocycles. The molecule has 0 bridgehead atoms. The smallest absolute Gasteiger partial charge is 0.0594 e. The van der Waals surface area contributed by atoms with Gasteiger partial charge in [-0.1, -0.05) is 41.9 Å². The van der Waals surface area contributed by atoms with E-state index in [1.807, 2.05) is 41.6 Å². The number of nitrogens with zero attached hydrogens (tertiary/aromatic N) is 2. The average Bonchev–Trinajstić information content (AvgIpc) is 2.49. The largest absolute Gasteiger partial charge is 0.266 e. The summed E-state index contributed by atoms with van der Waals surface area (Å²) in [6.07, 6.45) is 3.11. The molecule has 96 valence electrons. The van der Waals surface area contributed by atoms with Crippen molar-refractivity contribution in [2.24, 2.45) is 5.10 Å². The Balaban J connectivity index is 1.75. The fraction of sp³-hybridized carbons (Fsp3) is 0.188. The standard InChI is InChI=1S/C16H15ClN2/c17-15-6-8-16(9-7-15)19-11-10-14(12-18-19)13-4-2-1-3-5-13/h1-9,12,14H,10-11H2. The van der Waals surface area contributed by atoms with Gasteiger partial charge in [0.1, 0.15) is 0 Å². The summed E-state index contributed by atoms with van der Waals surface area (Å²) < 4.78 is 0. The Labute approximate surface area is 118 Å². The van der Waals surface area contributed by atoms with Crippen LogP contribution in [0.3, 0.4) is 0 Å². The van der Waals surface area contributed by atoms with Gasteiger partial charge in [-0.05, 0) is 36.2 Å². The van der Waals surface area contributed by atoms with Crippen LogP contribution in [0.25, 0.3) is 0 Å². The summed E-state index contributed by atoms with van der Waals surface area (Å²) in [7, 11) is 0. The molecule has 0 saturated heterocycles. The van der Waals surface area contributed by atoms with Crippen LogP contribution in [0, 0.1) is 0 Å². The van der Waals surface area contributed by atoms with Crippen LogP contribution < -0.4 is 5.01 Å². The highest BCUT2D eigenvalue weighted by Crippen LogP contribution is 2.25. The summed E-state index contributed by atoms with van der Waals surface area (Å²) in [5.41, 5.74) is 2.43. The molecule has 1 atom stereocenters. The topological polar surface area (TPSA) is 15.6 Å². The van der Waals surface area contributed by atoms with Gasteiger partial charge in [0.05, 0.1) is 5.69 Å². The molecule has 3 rings (SSSR count). The predicted molar refractivity (Wildman–Crippen MR) is 81.1 cm³/mol. The van der Waals surface area contributed by atoms with Crippen LogP contribution in [0.4, 0.5) is 5.69 Å². The van der Waals surface area contributed by atoms with Crippen molar-refractivity contribution < 1.29 is 0 Å². The molecule has 0 aliphatic carbocycles. The van der Waals surface area contributed by atoms with E-state index in [2.05, 4.69) is 29.4 Å². The molecule has 0 amide bonds. The van der Waals surface area contributed by atoms with E-state index in [1.54, 1.807) is 0 Å². The Bertz CT molecular complexity index is 563. The zero-order chi connectivity index (χ0) is 13.1. The van der Waals surface area contributed by atoms with Gasteiger partial charge in [-0.2, -0.15) is 5.10 Å². The summed E-state index contributed by atoms with van der Waals surface area (Å²) in [4.78, 5) is 0. The molecule has 3 heteroatoms. The van der Waals surface area contributed by atoms with Crippen LogP contribution >= 0.6 is 11.6 Å². The Kier molecular flexibility index (Phi) is 3.51. The molecule has 1 aliphatic rings. The maximum atomic E-state index is 5.90. The maximum Gasteiger partial charge on any atom is 0.0594 e. The van der Waals surface area contributed by atoms with Gasteiger partial charge in [0.15, 0.2) is 0 Å². The van der Waals surface area contributed by atoms with Crippen LogP contribution in [0.15, 0.2) is 59.7 Å². The van der Waals surface area contributed by atoms with Crippen molar-refractivity contribution >= 4 is 23.5 Å². The second kappa shape index (κ2) is 5.45. The van der Waals surface area contributed by atoms with Gasteiger partial charge in [-0.15, -0.1) is 0 Å². The summed E-state index contributed by atoms with van der Waals surface area (Å²) in [6, 6.07) is 18.3. The normalized spacial score (nSPS) is 18.6. The molecule has 1 heterocycles. The first-order valence-corrected chi connectivity index (χ1v) is 6.83. The monoisotopic (exact) mass is 270 g/mol. The summed E-state index contributed by atoms with van der Waals surface area (Å²) >= 11 is 5.90. The van der Waals surface area contributed by atoms with Gasteiger partial charge >= 0.3 is 0 Å². The Hall–Kier alpha value is -1.80. The number of benzene rings is 2. The Morgan fingerprint density at radius 1 is 1.00 bits per heavy atom. The van der Waals surface area contributed by atoms with Crippen LogP contribution in [-0.2, 0) is 0 Å². The molecule has 1 unspecified atom stereocenters. The lowest BCUT2D eigenvalue weighted by Crippen LogP contribution is -2.25. The highest BCUT2D eigenvalue weighted by atomic mass is 35.5. The third kappa shape index (κ3) is 2.79. The van der Waals surface area contributed by atoms with E-state index in [0.717, 1.165) is 23.7 Å². The van der Waals surface area contributed by atoms with E-state index < -0.39 is 0 Å². The zero-order valence-corrected chi connectivity index (χ0v) is 11.3. The van der Waals surface area contributed by atoms with Gasteiger partial charge in [-0.3, -0.25) is 5.01 Å². The number of hydrogen-bond acceptors (Lipinski definition) is 2. The number of rotatable bonds is 2. The van der Waals surface area contributed by atoms with E-state index >= 15 is 0 Å². The van der Waals surface area contributed by atoms with Gasteiger partial charge in [-0.25, -0.2) is 0 Å². The lowest BCUT2D eigenvalue weighted by molar-refractivity contribution is 0.693. The lowest BCUT2D eigenvalue weighted by atomic mass is 9.96. The molecule has 19 heavy (non-hydrogen) atoms. The number of anilines is 1. The van der Waals surface area contributed by atoms with Gasteiger partial charge in [0.25, 0.3) is 0 Å². The van der Waals surface area contributed by atoms with E-state index in [4.69, 9.17) is 11.6 Å². The van der Waals surface area contributed by atoms with Crippen molar-refractivity contribution in [2.75, 3.05) is 11.6 Å². The van der Waals surface area contributed by atoms with Crippen molar-refractivity contribution in [3.8, 4) is 0 Å². The van der Waals surface area contributed by atoms with E-state index in [9.17, 15) is 0 Å². The molecule has 0 aromatic heterocycles. The minimum absolute atomic E-state index is 0.421. The van der Waals surface area contributed by atoms with E-state index in [-0.39, 0.29) is 0 Å². The second-order valence-corrected chi connectivity index (χ2v) is 5.11. The first-order valence-electron chi connectivity index (χ1n) is 6.45. The van der Waals surface area contributed by atoms with Crippen LogP contribution in [0.2, 0.25) is 5.02 Å². The van der Waals surface area contributed by atoms with E-state index in [0.29, 0.717) is 5.92 Å². The average molecular weight is 271 g/mol. The molecule has 0 radical (unpaired) electrons. The zero-order valence-electron chi connectivity index (χ0n) is 10.5. The van der Waals surface area contributed by atoms with Crippen LogP contribution in [-0.4, -0.2) is 12.8 Å². The molecular formula is C16H15ClN2. The predicted octanol–water partition coefficient (Wildman–Crippen LogP) is 4.32. The second-order valence-electron chi connectivity index (χ2n) is 4.67.